The van der Waals surface area contributed by atoms with E-state index in [-0.39, 0.29) is 12.5 Å². The topological polar surface area (TPSA) is 97.9 Å². The van der Waals surface area contributed by atoms with Gasteiger partial charge in [-0.3, -0.25) is 4.79 Å². The lowest BCUT2D eigenvalue weighted by atomic mass is 10.0. The number of ether oxygens (including phenoxy) is 1. The fourth-order valence-corrected chi connectivity index (χ4v) is 4.71. The molecule has 4 aromatic rings. The number of nitrogens with two attached hydrogens (primary N) is 1. The van der Waals surface area contributed by atoms with E-state index < -0.39 is 0 Å². The fourth-order valence-electron chi connectivity index (χ4n) is 4.19. The van der Waals surface area contributed by atoms with Crippen molar-refractivity contribution in [2.24, 2.45) is 5.90 Å². The molecule has 0 saturated heterocycles. The van der Waals surface area contributed by atoms with Gasteiger partial charge in [-0.2, -0.15) is 5.90 Å². The third-order valence-electron chi connectivity index (χ3n) is 5.94. The summed E-state index contributed by atoms with van der Waals surface area (Å²) in [7, 11) is 0. The molecule has 0 aromatic heterocycles. The number of rotatable bonds is 7. The number of nitrogens with zero attached hydrogens (tertiary/aromatic N) is 1. The van der Waals surface area contributed by atoms with Gasteiger partial charge in [0.15, 0.2) is 6.61 Å². The molecule has 1 aliphatic rings. The van der Waals surface area contributed by atoms with E-state index >= 15 is 0 Å². The van der Waals surface area contributed by atoms with Gasteiger partial charge in [0, 0.05) is 10.6 Å². The van der Waals surface area contributed by atoms with Crippen molar-refractivity contribution in [3.63, 3.8) is 0 Å². The largest absolute Gasteiger partial charge is 0.482 e. The first-order valence-electron chi connectivity index (χ1n) is 11.0. The molecule has 0 bridgehead atoms. The summed E-state index contributed by atoms with van der Waals surface area (Å²) in [5.74, 6) is 5.55. The Bertz CT molecular complexity index is 1440. The zero-order valence-electron chi connectivity index (χ0n) is 19.0. The molecule has 0 aliphatic carbocycles. The maximum atomic E-state index is 12.9. The number of benzene rings is 4. The smallest absolute Gasteiger partial charge is 0.265 e. The minimum atomic E-state index is -0.110. The Morgan fingerprint density at radius 2 is 1.89 bits per heavy atom. The van der Waals surface area contributed by atoms with Crippen molar-refractivity contribution >= 4 is 40.1 Å². The maximum absolute atomic E-state index is 12.9. The van der Waals surface area contributed by atoms with Gasteiger partial charge in [-0.05, 0) is 70.3 Å². The number of amides is 1. The number of hydrogen-bond donors (Lipinski definition) is 2. The van der Waals surface area contributed by atoms with Crippen LogP contribution in [0.15, 0.2) is 83.8 Å². The normalized spacial score (nSPS) is 13.0. The highest BCUT2D eigenvalue weighted by Crippen LogP contribution is 2.39. The quantitative estimate of drug-likeness (QED) is 0.152. The van der Waals surface area contributed by atoms with Gasteiger partial charge in [0.1, 0.15) is 5.75 Å². The Labute approximate surface area is 207 Å². The second kappa shape index (κ2) is 9.89. The molecule has 4 aromatic carbocycles. The van der Waals surface area contributed by atoms with E-state index in [4.69, 9.17) is 20.4 Å². The lowest BCUT2D eigenvalue weighted by Gasteiger charge is -2.30. The minimum absolute atomic E-state index is 0.00874. The van der Waals surface area contributed by atoms with E-state index in [0.717, 1.165) is 50.0 Å². The van der Waals surface area contributed by atoms with Crippen LogP contribution in [0.3, 0.4) is 0 Å². The predicted octanol–water partition coefficient (Wildman–Crippen LogP) is 5.65. The van der Waals surface area contributed by atoms with E-state index in [1.54, 1.807) is 11.8 Å². The summed E-state index contributed by atoms with van der Waals surface area (Å²) in [6.07, 6.45) is 0. The van der Waals surface area contributed by atoms with Crippen molar-refractivity contribution in [3.05, 3.63) is 90.0 Å². The summed E-state index contributed by atoms with van der Waals surface area (Å²) in [5, 5.41) is 10.1. The third-order valence-corrected chi connectivity index (χ3v) is 6.62. The molecule has 7 nitrogen and oxygen atoms in total. The molecule has 0 radical (unpaired) electrons. The molecule has 1 heterocycles. The SMILES string of the molecule is CC(=N)c1ccc2ccc(CN3C(=O)COc4ccc(-c5ccccc5SOON)cc43)cc2c1. The molecule has 0 saturated carbocycles. The number of fused-ring (bicyclic) bond motifs is 2. The van der Waals surface area contributed by atoms with Crippen molar-refractivity contribution in [2.45, 2.75) is 18.4 Å². The molecule has 0 fully saturated rings. The second-order valence-electron chi connectivity index (χ2n) is 8.22. The zero-order valence-corrected chi connectivity index (χ0v) is 19.8. The minimum Gasteiger partial charge on any atom is -0.482 e. The molecule has 8 heteroatoms. The van der Waals surface area contributed by atoms with Gasteiger partial charge in [0.25, 0.3) is 5.91 Å². The Kier molecular flexibility index (Phi) is 6.52. The summed E-state index contributed by atoms with van der Waals surface area (Å²) in [6.45, 7) is 2.17. The van der Waals surface area contributed by atoms with Crippen LogP contribution in [0.1, 0.15) is 18.1 Å². The number of carbonyl (C=O) groups is 1. The molecule has 1 amide bonds. The summed E-state index contributed by atoms with van der Waals surface area (Å²) in [5.41, 5.74) is 4.92. The number of carbonyl (C=O) groups excluding carboxylic acids is 1. The van der Waals surface area contributed by atoms with Crippen LogP contribution in [0, 0.1) is 5.41 Å². The van der Waals surface area contributed by atoms with Crippen LogP contribution >= 0.6 is 12.0 Å². The van der Waals surface area contributed by atoms with Crippen LogP contribution in [0.2, 0.25) is 0 Å². The predicted molar refractivity (Wildman–Crippen MR) is 137 cm³/mol. The standard InChI is InChI=1S/C27H23N3O4S/c1-17(28)20-9-8-19-7-6-18(12-22(19)13-20)15-30-24-14-21(10-11-25(24)32-16-27(30)31)23-4-2-3-5-26(23)35-34-33-29/h2-14,28H,15-16,29H2,1H3. The molecule has 0 unspecified atom stereocenters. The van der Waals surface area contributed by atoms with Crippen LogP contribution in [-0.4, -0.2) is 18.2 Å². The van der Waals surface area contributed by atoms with Crippen molar-refractivity contribution in [3.8, 4) is 16.9 Å². The molecule has 5 rings (SSSR count). The van der Waals surface area contributed by atoms with E-state index in [1.165, 1.54) is 0 Å². The molecular weight excluding hydrogens is 462 g/mol. The highest BCUT2D eigenvalue weighted by atomic mass is 32.2. The fraction of sp³-hybridized carbons (Fsp3) is 0.111. The van der Waals surface area contributed by atoms with E-state index in [1.807, 2.05) is 72.8 Å². The second-order valence-corrected chi connectivity index (χ2v) is 8.96. The van der Waals surface area contributed by atoms with Gasteiger partial charge in [-0.1, -0.05) is 48.5 Å². The summed E-state index contributed by atoms with van der Waals surface area (Å²) < 4.78 is 10.6. The van der Waals surface area contributed by atoms with Crippen LogP contribution in [0.5, 0.6) is 5.75 Å². The Morgan fingerprint density at radius 1 is 1.06 bits per heavy atom. The lowest BCUT2D eigenvalue weighted by molar-refractivity contribution is -0.195. The van der Waals surface area contributed by atoms with Gasteiger partial charge >= 0.3 is 0 Å². The zero-order chi connectivity index (χ0) is 24.4. The molecule has 35 heavy (non-hydrogen) atoms. The Morgan fingerprint density at radius 3 is 2.71 bits per heavy atom. The van der Waals surface area contributed by atoms with Crippen molar-refractivity contribution < 1.29 is 18.9 Å². The summed E-state index contributed by atoms with van der Waals surface area (Å²) >= 11 is 1.01. The van der Waals surface area contributed by atoms with Crippen molar-refractivity contribution in [2.75, 3.05) is 11.5 Å². The van der Waals surface area contributed by atoms with Crippen LogP contribution in [-0.2, 0) is 20.7 Å². The molecular formula is C27H23N3O4S. The molecule has 0 spiro atoms. The first-order valence-corrected chi connectivity index (χ1v) is 11.7. The van der Waals surface area contributed by atoms with Crippen molar-refractivity contribution in [1.82, 2.24) is 0 Å². The first kappa shape index (κ1) is 23.1. The van der Waals surface area contributed by atoms with Gasteiger partial charge in [0.05, 0.1) is 24.3 Å². The average Bonchev–Trinajstić information content (AvgIpc) is 2.88. The van der Waals surface area contributed by atoms with E-state index in [0.29, 0.717) is 23.7 Å². The van der Waals surface area contributed by atoms with Crippen molar-refractivity contribution in [1.29, 1.82) is 5.41 Å². The highest BCUT2D eigenvalue weighted by molar-refractivity contribution is 7.94. The monoisotopic (exact) mass is 485 g/mol. The van der Waals surface area contributed by atoms with Gasteiger partial charge < -0.3 is 15.0 Å². The first-order chi connectivity index (χ1) is 17.0. The molecule has 0 atom stereocenters. The van der Waals surface area contributed by atoms with Gasteiger partial charge in [-0.25, -0.2) is 0 Å². The van der Waals surface area contributed by atoms with E-state index in [9.17, 15) is 4.79 Å². The van der Waals surface area contributed by atoms with Crippen LogP contribution in [0.4, 0.5) is 5.69 Å². The van der Waals surface area contributed by atoms with Crippen LogP contribution in [0.25, 0.3) is 21.9 Å². The highest BCUT2D eigenvalue weighted by Gasteiger charge is 2.26. The van der Waals surface area contributed by atoms with E-state index in [2.05, 4.69) is 11.1 Å². The number of hydrogen-bond acceptors (Lipinski definition) is 7. The molecule has 3 N–H and O–H groups in total. The molecule has 176 valence electrons. The number of nitrogens with one attached hydrogen (secondary N) is 1. The maximum Gasteiger partial charge on any atom is 0.265 e. The Balaban J connectivity index is 1.51. The third kappa shape index (κ3) is 4.78. The molecule has 1 aliphatic heterocycles. The summed E-state index contributed by atoms with van der Waals surface area (Å²) in [4.78, 5) is 19.8. The Hall–Kier alpha value is -3.69. The van der Waals surface area contributed by atoms with Crippen LogP contribution < -0.4 is 15.5 Å². The summed E-state index contributed by atoms with van der Waals surface area (Å²) in [6, 6.07) is 25.6. The average molecular weight is 486 g/mol. The van der Waals surface area contributed by atoms with Gasteiger partial charge in [-0.15, -0.1) is 9.32 Å². The lowest BCUT2D eigenvalue weighted by Crippen LogP contribution is -2.38. The number of anilines is 1. The van der Waals surface area contributed by atoms with Gasteiger partial charge in [0.2, 0.25) is 0 Å².